The van der Waals surface area contributed by atoms with Crippen molar-refractivity contribution >= 4 is 12.4 Å². The van der Waals surface area contributed by atoms with Crippen LogP contribution in [0.2, 0.25) is 0 Å². The lowest BCUT2D eigenvalue weighted by molar-refractivity contribution is 0.357. The van der Waals surface area contributed by atoms with Crippen LogP contribution in [0, 0.1) is 12.8 Å². The molecule has 1 aromatic carbocycles. The van der Waals surface area contributed by atoms with E-state index in [1.54, 1.807) is 14.2 Å². The monoisotopic (exact) mass is 285 g/mol. The number of ether oxygens (including phenoxy) is 2. The third kappa shape index (κ3) is 3.34. The molecule has 2 N–H and O–H groups in total. The van der Waals surface area contributed by atoms with Crippen LogP contribution in [0.5, 0.6) is 11.5 Å². The third-order valence-corrected chi connectivity index (χ3v) is 3.93. The van der Waals surface area contributed by atoms with Gasteiger partial charge in [0.25, 0.3) is 0 Å². The van der Waals surface area contributed by atoms with E-state index in [0.29, 0.717) is 5.92 Å². The van der Waals surface area contributed by atoms with Gasteiger partial charge in [-0.05, 0) is 43.4 Å². The Bertz CT molecular complexity index is 392. The van der Waals surface area contributed by atoms with Crippen LogP contribution < -0.4 is 15.2 Å². The van der Waals surface area contributed by atoms with Gasteiger partial charge in [-0.3, -0.25) is 0 Å². The van der Waals surface area contributed by atoms with E-state index in [4.69, 9.17) is 15.2 Å². The van der Waals surface area contributed by atoms with E-state index in [0.717, 1.165) is 22.6 Å². The molecule has 0 bridgehead atoms. The highest BCUT2D eigenvalue weighted by Gasteiger charge is 2.28. The van der Waals surface area contributed by atoms with Crippen molar-refractivity contribution in [1.82, 2.24) is 0 Å². The molecule has 0 aliphatic heterocycles. The first kappa shape index (κ1) is 16.1. The Balaban J connectivity index is 0.00000180. The molecular formula is C15H24ClNO2. The summed E-state index contributed by atoms with van der Waals surface area (Å²) in [5.41, 5.74) is 8.60. The van der Waals surface area contributed by atoms with Gasteiger partial charge in [-0.15, -0.1) is 12.4 Å². The number of nitrogens with two attached hydrogens (primary N) is 1. The lowest BCUT2D eigenvalue weighted by Crippen LogP contribution is -2.20. The number of methoxy groups -OCH3 is 2. The Morgan fingerprint density at radius 3 is 2.00 bits per heavy atom. The Hall–Kier alpha value is -0.930. The molecule has 4 heteroatoms. The first-order valence-electron chi connectivity index (χ1n) is 6.65. The fourth-order valence-electron chi connectivity index (χ4n) is 2.95. The average Bonchev–Trinajstić information content (AvgIpc) is 2.90. The second-order valence-electron chi connectivity index (χ2n) is 5.15. The summed E-state index contributed by atoms with van der Waals surface area (Å²) in [7, 11) is 3.39. The summed E-state index contributed by atoms with van der Waals surface area (Å²) >= 11 is 0. The second kappa shape index (κ2) is 7.01. The summed E-state index contributed by atoms with van der Waals surface area (Å²) in [5.74, 6) is 2.26. The minimum atomic E-state index is 0. The third-order valence-electron chi connectivity index (χ3n) is 3.93. The van der Waals surface area contributed by atoms with Gasteiger partial charge in [0.2, 0.25) is 0 Å². The van der Waals surface area contributed by atoms with E-state index in [-0.39, 0.29) is 18.4 Å². The molecule has 1 aliphatic carbocycles. The van der Waals surface area contributed by atoms with Gasteiger partial charge in [0.1, 0.15) is 11.5 Å². The molecular weight excluding hydrogens is 262 g/mol. The van der Waals surface area contributed by atoms with Crippen LogP contribution in [-0.4, -0.2) is 14.2 Å². The molecule has 2 rings (SSSR count). The summed E-state index contributed by atoms with van der Waals surface area (Å²) in [5, 5.41) is 0. The number of hydrogen-bond donors (Lipinski definition) is 1. The van der Waals surface area contributed by atoms with E-state index < -0.39 is 0 Å². The van der Waals surface area contributed by atoms with Crippen molar-refractivity contribution in [2.75, 3.05) is 14.2 Å². The molecule has 0 saturated heterocycles. The Morgan fingerprint density at radius 1 is 1.11 bits per heavy atom. The van der Waals surface area contributed by atoms with Gasteiger partial charge in [-0.1, -0.05) is 12.8 Å². The van der Waals surface area contributed by atoms with Crippen LogP contribution in [0.15, 0.2) is 12.1 Å². The second-order valence-corrected chi connectivity index (χ2v) is 5.15. The standard InChI is InChI=1S/C15H23NO2.ClH/c1-10-8-12(17-2)14(13(9-10)18-3)15(16)11-6-4-5-7-11;/h8-9,11,15H,4-7,16H2,1-3H3;1H/t15-;/m0./s1. The van der Waals surface area contributed by atoms with Gasteiger partial charge < -0.3 is 15.2 Å². The van der Waals surface area contributed by atoms with E-state index in [1.807, 2.05) is 19.1 Å². The lowest BCUT2D eigenvalue weighted by Gasteiger charge is -2.24. The summed E-state index contributed by atoms with van der Waals surface area (Å²) < 4.78 is 11.0. The van der Waals surface area contributed by atoms with Crippen LogP contribution in [-0.2, 0) is 0 Å². The molecule has 1 atom stereocenters. The molecule has 108 valence electrons. The topological polar surface area (TPSA) is 44.5 Å². The Labute approximate surface area is 121 Å². The maximum atomic E-state index is 6.44. The summed E-state index contributed by atoms with van der Waals surface area (Å²) in [6.07, 6.45) is 4.99. The molecule has 3 nitrogen and oxygen atoms in total. The molecule has 1 fully saturated rings. The minimum Gasteiger partial charge on any atom is -0.496 e. The molecule has 1 saturated carbocycles. The van der Waals surface area contributed by atoms with Crippen LogP contribution in [0.3, 0.4) is 0 Å². The van der Waals surface area contributed by atoms with Crippen molar-refractivity contribution in [3.8, 4) is 11.5 Å². The van der Waals surface area contributed by atoms with E-state index >= 15 is 0 Å². The smallest absolute Gasteiger partial charge is 0.127 e. The first-order chi connectivity index (χ1) is 8.67. The predicted octanol–water partition coefficient (Wildman–Crippen LogP) is 3.62. The van der Waals surface area contributed by atoms with Gasteiger partial charge in [-0.2, -0.15) is 0 Å². The molecule has 0 spiro atoms. The number of benzene rings is 1. The minimum absolute atomic E-state index is 0. The number of aryl methyl sites for hydroxylation is 1. The van der Waals surface area contributed by atoms with E-state index in [2.05, 4.69) is 0 Å². The van der Waals surface area contributed by atoms with Crippen LogP contribution in [0.1, 0.15) is 42.9 Å². The quantitative estimate of drug-likeness (QED) is 0.919. The highest BCUT2D eigenvalue weighted by Crippen LogP contribution is 2.42. The van der Waals surface area contributed by atoms with Crippen molar-refractivity contribution in [2.24, 2.45) is 11.7 Å². The predicted molar refractivity (Wildman–Crippen MR) is 80.4 cm³/mol. The molecule has 1 aliphatic rings. The highest BCUT2D eigenvalue weighted by molar-refractivity contribution is 5.85. The van der Waals surface area contributed by atoms with Gasteiger partial charge in [0.05, 0.1) is 19.8 Å². The van der Waals surface area contributed by atoms with E-state index in [9.17, 15) is 0 Å². The highest BCUT2D eigenvalue weighted by atomic mass is 35.5. The van der Waals surface area contributed by atoms with Gasteiger partial charge in [0.15, 0.2) is 0 Å². The number of hydrogen-bond acceptors (Lipinski definition) is 3. The Kier molecular flexibility index (Phi) is 5.95. The molecule has 1 aromatic rings. The van der Waals surface area contributed by atoms with Crippen LogP contribution >= 0.6 is 12.4 Å². The van der Waals surface area contributed by atoms with Crippen molar-refractivity contribution in [3.05, 3.63) is 23.3 Å². The zero-order valence-electron chi connectivity index (χ0n) is 11.9. The largest absolute Gasteiger partial charge is 0.496 e. The molecule has 0 unspecified atom stereocenters. The molecule has 0 radical (unpaired) electrons. The van der Waals surface area contributed by atoms with Crippen molar-refractivity contribution in [3.63, 3.8) is 0 Å². The number of halogens is 1. The fourth-order valence-corrected chi connectivity index (χ4v) is 2.95. The molecule has 19 heavy (non-hydrogen) atoms. The van der Waals surface area contributed by atoms with Gasteiger partial charge in [0, 0.05) is 6.04 Å². The van der Waals surface area contributed by atoms with E-state index in [1.165, 1.54) is 25.7 Å². The summed E-state index contributed by atoms with van der Waals surface area (Å²) in [6, 6.07) is 4.08. The van der Waals surface area contributed by atoms with Gasteiger partial charge in [-0.25, -0.2) is 0 Å². The normalized spacial score (nSPS) is 16.8. The van der Waals surface area contributed by atoms with Gasteiger partial charge >= 0.3 is 0 Å². The van der Waals surface area contributed by atoms with Crippen molar-refractivity contribution in [1.29, 1.82) is 0 Å². The molecule has 0 amide bonds. The number of rotatable bonds is 4. The zero-order chi connectivity index (χ0) is 13.1. The first-order valence-corrected chi connectivity index (χ1v) is 6.65. The maximum absolute atomic E-state index is 6.44. The van der Waals surface area contributed by atoms with Crippen LogP contribution in [0.4, 0.5) is 0 Å². The average molecular weight is 286 g/mol. The SMILES string of the molecule is COc1cc(C)cc(OC)c1[C@@H](N)C1CCCC1.Cl. The maximum Gasteiger partial charge on any atom is 0.127 e. The summed E-state index contributed by atoms with van der Waals surface area (Å²) in [6.45, 7) is 2.04. The lowest BCUT2D eigenvalue weighted by atomic mass is 9.90. The Morgan fingerprint density at radius 2 is 1.58 bits per heavy atom. The van der Waals surface area contributed by atoms with Crippen molar-refractivity contribution < 1.29 is 9.47 Å². The molecule has 0 aromatic heterocycles. The van der Waals surface area contributed by atoms with Crippen molar-refractivity contribution in [2.45, 2.75) is 38.6 Å². The zero-order valence-corrected chi connectivity index (χ0v) is 12.8. The van der Waals surface area contributed by atoms with Crippen LogP contribution in [0.25, 0.3) is 0 Å². The fraction of sp³-hybridized carbons (Fsp3) is 0.600. The summed E-state index contributed by atoms with van der Waals surface area (Å²) in [4.78, 5) is 0. The molecule has 0 heterocycles.